The molecule has 0 aliphatic rings. The molecule has 0 amide bonds. The molecule has 0 atom stereocenters. The lowest BCUT2D eigenvalue weighted by molar-refractivity contribution is 0.128. The summed E-state index contributed by atoms with van der Waals surface area (Å²) in [5.74, 6) is 1.51. The summed E-state index contributed by atoms with van der Waals surface area (Å²) in [6.07, 6.45) is 1.11. The molecule has 1 aromatic heterocycles. The third-order valence-corrected chi connectivity index (χ3v) is 4.23. The van der Waals surface area contributed by atoms with Crippen LogP contribution in [0, 0.1) is 19.8 Å². The molecule has 0 bridgehead atoms. The molecule has 0 unspecified atom stereocenters. The van der Waals surface area contributed by atoms with E-state index in [1.54, 1.807) is 11.3 Å². The second-order valence-corrected chi connectivity index (χ2v) is 6.95. The molecule has 0 spiro atoms. The van der Waals surface area contributed by atoms with Crippen LogP contribution in [0.5, 0.6) is 0 Å². The van der Waals surface area contributed by atoms with E-state index in [2.05, 4.69) is 48.3 Å². The second-order valence-electron chi connectivity index (χ2n) is 5.67. The van der Waals surface area contributed by atoms with Gasteiger partial charge in [-0.05, 0) is 33.1 Å². The summed E-state index contributed by atoms with van der Waals surface area (Å²) in [7, 11) is 0. The van der Waals surface area contributed by atoms with E-state index in [0.29, 0.717) is 19.1 Å². The van der Waals surface area contributed by atoms with Crippen LogP contribution in [-0.2, 0) is 11.3 Å². The number of rotatable bonds is 9. The first-order valence-corrected chi connectivity index (χ1v) is 8.87. The van der Waals surface area contributed by atoms with Gasteiger partial charge in [-0.15, -0.1) is 35.3 Å². The van der Waals surface area contributed by atoms with Gasteiger partial charge in [-0.1, -0.05) is 13.8 Å². The van der Waals surface area contributed by atoms with Gasteiger partial charge in [-0.25, -0.2) is 9.98 Å². The number of aliphatic imine (C=N–C) groups is 1. The molecule has 0 saturated heterocycles. The van der Waals surface area contributed by atoms with Crippen molar-refractivity contribution in [3.63, 3.8) is 0 Å². The quantitative estimate of drug-likeness (QED) is 0.260. The standard InChI is InChI=1S/C16H30N4OS.HI/c1-6-17-16(18-8-10-21-9-7-12(2)3)19-11-15-20-13(4)14(5)22-15;/h12H,6-11H2,1-5H3,(H2,17,18,19);1H. The molecule has 0 fully saturated rings. The molecule has 7 heteroatoms. The van der Waals surface area contributed by atoms with Crippen molar-refractivity contribution in [3.05, 3.63) is 15.6 Å². The van der Waals surface area contributed by atoms with Crippen LogP contribution in [0.25, 0.3) is 0 Å². The lowest BCUT2D eigenvalue weighted by Gasteiger charge is -2.11. The van der Waals surface area contributed by atoms with Crippen LogP contribution in [0.1, 0.15) is 42.8 Å². The maximum Gasteiger partial charge on any atom is 0.191 e. The van der Waals surface area contributed by atoms with Crippen LogP contribution in [0.15, 0.2) is 4.99 Å². The van der Waals surface area contributed by atoms with E-state index in [1.807, 2.05) is 6.92 Å². The Bertz CT molecular complexity index is 443. The number of aryl methyl sites for hydroxylation is 2. The molecule has 0 aliphatic carbocycles. The predicted octanol–water partition coefficient (Wildman–Crippen LogP) is 3.50. The smallest absolute Gasteiger partial charge is 0.191 e. The Hall–Kier alpha value is -0.410. The molecule has 0 aliphatic heterocycles. The third kappa shape index (κ3) is 10.1. The maximum atomic E-state index is 5.60. The summed E-state index contributed by atoms with van der Waals surface area (Å²) < 4.78 is 5.60. The van der Waals surface area contributed by atoms with Crippen LogP contribution >= 0.6 is 35.3 Å². The van der Waals surface area contributed by atoms with Crippen LogP contribution in [0.3, 0.4) is 0 Å². The van der Waals surface area contributed by atoms with Crippen molar-refractivity contribution in [2.45, 2.75) is 47.6 Å². The van der Waals surface area contributed by atoms with Gasteiger partial charge in [-0.2, -0.15) is 0 Å². The van der Waals surface area contributed by atoms with E-state index >= 15 is 0 Å². The predicted molar refractivity (Wildman–Crippen MR) is 110 cm³/mol. The van der Waals surface area contributed by atoms with Crippen molar-refractivity contribution in [3.8, 4) is 0 Å². The Morgan fingerprint density at radius 1 is 1.26 bits per heavy atom. The van der Waals surface area contributed by atoms with E-state index in [1.165, 1.54) is 4.88 Å². The van der Waals surface area contributed by atoms with E-state index in [-0.39, 0.29) is 24.0 Å². The van der Waals surface area contributed by atoms with Gasteiger partial charge in [0, 0.05) is 24.6 Å². The van der Waals surface area contributed by atoms with Gasteiger partial charge in [0.2, 0.25) is 0 Å². The number of aromatic nitrogens is 1. The second kappa shape index (κ2) is 12.9. The van der Waals surface area contributed by atoms with Crippen molar-refractivity contribution in [2.24, 2.45) is 10.9 Å². The lowest BCUT2D eigenvalue weighted by atomic mass is 10.1. The molecular weight excluding hydrogens is 423 g/mol. The van der Waals surface area contributed by atoms with E-state index < -0.39 is 0 Å². The molecule has 1 heterocycles. The number of hydrogen-bond acceptors (Lipinski definition) is 4. The molecule has 0 aromatic carbocycles. The first kappa shape index (κ1) is 22.6. The van der Waals surface area contributed by atoms with Crippen molar-refractivity contribution < 1.29 is 4.74 Å². The zero-order valence-electron chi connectivity index (χ0n) is 14.9. The summed E-state index contributed by atoms with van der Waals surface area (Å²) in [5, 5.41) is 7.59. The number of thiazole rings is 1. The molecule has 0 saturated carbocycles. The molecule has 5 nitrogen and oxygen atoms in total. The Labute approximate surface area is 161 Å². The summed E-state index contributed by atoms with van der Waals surface area (Å²) >= 11 is 1.71. The average Bonchev–Trinajstić information content (AvgIpc) is 2.78. The SMILES string of the molecule is CCNC(=NCc1nc(C)c(C)s1)NCCOCCC(C)C.I. The number of nitrogens with zero attached hydrogens (tertiary/aromatic N) is 2. The Kier molecular flexibility index (Phi) is 12.7. The van der Waals surface area contributed by atoms with E-state index in [0.717, 1.165) is 42.8 Å². The van der Waals surface area contributed by atoms with E-state index in [9.17, 15) is 0 Å². The van der Waals surface area contributed by atoms with Crippen molar-refractivity contribution in [1.29, 1.82) is 0 Å². The van der Waals surface area contributed by atoms with E-state index in [4.69, 9.17) is 4.74 Å². The summed E-state index contributed by atoms with van der Waals surface area (Å²) in [5.41, 5.74) is 1.10. The highest BCUT2D eigenvalue weighted by Gasteiger charge is 2.03. The minimum atomic E-state index is 0. The molecule has 1 aromatic rings. The highest BCUT2D eigenvalue weighted by molar-refractivity contribution is 14.0. The monoisotopic (exact) mass is 454 g/mol. The number of halogens is 1. The summed E-state index contributed by atoms with van der Waals surface area (Å²) in [6.45, 7) is 14.4. The Morgan fingerprint density at radius 2 is 2.00 bits per heavy atom. The number of guanidine groups is 1. The molecule has 23 heavy (non-hydrogen) atoms. The summed E-state index contributed by atoms with van der Waals surface area (Å²) in [6, 6.07) is 0. The largest absolute Gasteiger partial charge is 0.380 e. The summed E-state index contributed by atoms with van der Waals surface area (Å²) in [4.78, 5) is 10.3. The highest BCUT2D eigenvalue weighted by atomic mass is 127. The molecule has 134 valence electrons. The van der Waals surface area contributed by atoms with Crippen molar-refractivity contribution in [1.82, 2.24) is 15.6 Å². The van der Waals surface area contributed by atoms with Gasteiger partial charge in [0.25, 0.3) is 0 Å². The zero-order valence-corrected chi connectivity index (χ0v) is 18.1. The van der Waals surface area contributed by atoms with Crippen LogP contribution < -0.4 is 10.6 Å². The topological polar surface area (TPSA) is 58.5 Å². The minimum Gasteiger partial charge on any atom is -0.380 e. The molecule has 1 rings (SSSR count). The Morgan fingerprint density at radius 3 is 2.57 bits per heavy atom. The first-order chi connectivity index (χ1) is 10.5. The molecule has 2 N–H and O–H groups in total. The fourth-order valence-electron chi connectivity index (χ4n) is 1.76. The highest BCUT2D eigenvalue weighted by Crippen LogP contribution is 2.16. The fraction of sp³-hybridized carbons (Fsp3) is 0.750. The maximum absolute atomic E-state index is 5.60. The normalized spacial score (nSPS) is 11.5. The fourth-order valence-corrected chi connectivity index (χ4v) is 2.62. The minimum absolute atomic E-state index is 0. The van der Waals surface area contributed by atoms with Crippen LogP contribution in [0.4, 0.5) is 0 Å². The van der Waals surface area contributed by atoms with Gasteiger partial charge >= 0.3 is 0 Å². The first-order valence-electron chi connectivity index (χ1n) is 8.05. The lowest BCUT2D eigenvalue weighted by Crippen LogP contribution is -2.39. The number of nitrogens with one attached hydrogen (secondary N) is 2. The van der Waals surface area contributed by atoms with Crippen molar-refractivity contribution in [2.75, 3.05) is 26.3 Å². The van der Waals surface area contributed by atoms with Gasteiger partial charge in [0.15, 0.2) is 5.96 Å². The van der Waals surface area contributed by atoms with Crippen molar-refractivity contribution >= 4 is 41.3 Å². The number of hydrogen-bond donors (Lipinski definition) is 2. The van der Waals surface area contributed by atoms with Crippen LogP contribution in [0.2, 0.25) is 0 Å². The van der Waals surface area contributed by atoms with Gasteiger partial charge in [0.1, 0.15) is 5.01 Å². The zero-order chi connectivity index (χ0) is 16.4. The number of ether oxygens (including phenoxy) is 1. The average molecular weight is 454 g/mol. The van der Waals surface area contributed by atoms with Gasteiger partial charge < -0.3 is 15.4 Å². The van der Waals surface area contributed by atoms with Gasteiger partial charge in [0.05, 0.1) is 18.8 Å². The Balaban J connectivity index is 0.00000484. The molecular formula is C16H31IN4OS. The van der Waals surface area contributed by atoms with Gasteiger partial charge in [-0.3, -0.25) is 0 Å². The molecule has 0 radical (unpaired) electrons. The third-order valence-electron chi connectivity index (χ3n) is 3.17. The van der Waals surface area contributed by atoms with Crippen LogP contribution in [-0.4, -0.2) is 37.2 Å².